The molecule has 0 nitrogen and oxygen atoms in total. The van der Waals surface area contributed by atoms with E-state index in [9.17, 15) is 0 Å². The summed E-state index contributed by atoms with van der Waals surface area (Å²) in [5.74, 6) is 0. The third-order valence-corrected chi connectivity index (χ3v) is 3.20. The molecule has 0 spiro atoms. The second-order valence-electron chi connectivity index (χ2n) is 2.99. The van der Waals surface area contributed by atoms with E-state index in [1.54, 1.807) is 0 Å². The Morgan fingerprint density at radius 3 is 2.21 bits per heavy atom. The van der Waals surface area contributed by atoms with Crippen molar-refractivity contribution in [1.29, 1.82) is 0 Å². The minimum Gasteiger partial charge on any atom is -0.0622 e. The van der Waals surface area contributed by atoms with E-state index in [2.05, 4.69) is 50.1 Å². The van der Waals surface area contributed by atoms with Crippen LogP contribution in [0.2, 0.25) is 0 Å². The molecule has 0 atom stereocenters. The first-order chi connectivity index (χ1) is 6.77. The van der Waals surface area contributed by atoms with Gasteiger partial charge in [-0.05, 0) is 29.3 Å². The van der Waals surface area contributed by atoms with Crippen LogP contribution in [0.1, 0.15) is 0 Å². The standard InChI is InChI=1S/C12H8Br2/c13-10-6-7-12(14)11(8-10)9-4-2-1-3-5-9/h1-8H. The lowest BCUT2D eigenvalue weighted by Gasteiger charge is -2.04. The van der Waals surface area contributed by atoms with Crippen LogP contribution >= 0.6 is 31.9 Å². The third kappa shape index (κ3) is 2.07. The van der Waals surface area contributed by atoms with Crippen LogP contribution in [-0.2, 0) is 0 Å². The Bertz CT molecular complexity index is 435. The van der Waals surface area contributed by atoms with Crippen LogP contribution in [0.3, 0.4) is 0 Å². The lowest BCUT2D eigenvalue weighted by atomic mass is 10.1. The van der Waals surface area contributed by atoms with E-state index in [0.717, 1.165) is 8.95 Å². The van der Waals surface area contributed by atoms with E-state index in [4.69, 9.17) is 0 Å². The van der Waals surface area contributed by atoms with Gasteiger partial charge in [0.2, 0.25) is 0 Å². The molecule has 0 bridgehead atoms. The fourth-order valence-corrected chi connectivity index (χ4v) is 2.17. The van der Waals surface area contributed by atoms with Gasteiger partial charge in [0.1, 0.15) is 0 Å². The zero-order valence-corrected chi connectivity index (χ0v) is 10.5. The average molecular weight is 312 g/mol. The fraction of sp³-hybridized carbons (Fsp3) is 0. The second-order valence-corrected chi connectivity index (χ2v) is 4.76. The Hall–Kier alpha value is -0.600. The minimum atomic E-state index is 1.10. The molecule has 0 N–H and O–H groups in total. The van der Waals surface area contributed by atoms with Gasteiger partial charge in [-0.1, -0.05) is 62.2 Å². The van der Waals surface area contributed by atoms with Gasteiger partial charge >= 0.3 is 0 Å². The Morgan fingerprint density at radius 2 is 1.50 bits per heavy atom. The molecule has 2 aromatic rings. The van der Waals surface area contributed by atoms with E-state index < -0.39 is 0 Å². The summed E-state index contributed by atoms with van der Waals surface area (Å²) in [5, 5.41) is 0. The topological polar surface area (TPSA) is 0 Å². The Kier molecular flexibility index (Phi) is 3.04. The molecule has 0 fully saturated rings. The highest BCUT2D eigenvalue weighted by molar-refractivity contribution is 9.11. The van der Waals surface area contributed by atoms with Gasteiger partial charge in [0.15, 0.2) is 0 Å². The van der Waals surface area contributed by atoms with Crippen LogP contribution in [0.5, 0.6) is 0 Å². The maximum absolute atomic E-state index is 3.55. The summed E-state index contributed by atoms with van der Waals surface area (Å²) in [6.45, 7) is 0. The van der Waals surface area contributed by atoms with Gasteiger partial charge in [-0.15, -0.1) is 0 Å². The summed E-state index contributed by atoms with van der Waals surface area (Å²) in [6, 6.07) is 16.5. The van der Waals surface area contributed by atoms with Crippen molar-refractivity contribution in [2.45, 2.75) is 0 Å². The van der Waals surface area contributed by atoms with Crippen LogP contribution in [0.25, 0.3) is 11.1 Å². The van der Waals surface area contributed by atoms with E-state index in [1.807, 2.05) is 30.3 Å². The Morgan fingerprint density at radius 1 is 0.786 bits per heavy atom. The molecular weight excluding hydrogens is 304 g/mol. The molecule has 0 saturated carbocycles. The molecule has 2 rings (SSSR count). The van der Waals surface area contributed by atoms with Gasteiger partial charge < -0.3 is 0 Å². The maximum Gasteiger partial charge on any atom is 0.0254 e. The summed E-state index contributed by atoms with van der Waals surface area (Å²) in [7, 11) is 0. The van der Waals surface area contributed by atoms with Crippen LogP contribution in [0.15, 0.2) is 57.5 Å². The molecule has 0 amide bonds. The molecule has 70 valence electrons. The highest BCUT2D eigenvalue weighted by Crippen LogP contribution is 2.30. The van der Waals surface area contributed by atoms with Gasteiger partial charge in [-0.25, -0.2) is 0 Å². The van der Waals surface area contributed by atoms with Crippen molar-refractivity contribution in [3.8, 4) is 11.1 Å². The number of halogens is 2. The van der Waals surface area contributed by atoms with Crippen LogP contribution in [0, 0.1) is 0 Å². The van der Waals surface area contributed by atoms with E-state index in [1.165, 1.54) is 11.1 Å². The molecule has 0 aliphatic rings. The number of benzene rings is 2. The Balaban J connectivity index is 2.57. The summed E-state index contributed by atoms with van der Waals surface area (Å²) >= 11 is 7.02. The first-order valence-electron chi connectivity index (χ1n) is 4.28. The largest absolute Gasteiger partial charge is 0.0622 e. The smallest absolute Gasteiger partial charge is 0.0254 e. The quantitative estimate of drug-likeness (QED) is 0.704. The molecule has 2 heteroatoms. The SMILES string of the molecule is Brc1ccc(Br)c(-c2ccccc2)c1. The molecule has 0 unspecified atom stereocenters. The first kappa shape index (κ1) is 9.94. The predicted octanol–water partition coefficient (Wildman–Crippen LogP) is 4.88. The molecule has 0 saturated heterocycles. The number of rotatable bonds is 1. The van der Waals surface area contributed by atoms with Crippen LogP contribution in [0.4, 0.5) is 0 Å². The van der Waals surface area contributed by atoms with E-state index >= 15 is 0 Å². The van der Waals surface area contributed by atoms with E-state index in [-0.39, 0.29) is 0 Å². The van der Waals surface area contributed by atoms with Crippen molar-refractivity contribution >= 4 is 31.9 Å². The van der Waals surface area contributed by atoms with Gasteiger partial charge in [0, 0.05) is 8.95 Å². The Labute approximate surface area is 100 Å². The number of hydrogen-bond donors (Lipinski definition) is 0. The highest BCUT2D eigenvalue weighted by atomic mass is 79.9. The van der Waals surface area contributed by atoms with Crippen molar-refractivity contribution < 1.29 is 0 Å². The van der Waals surface area contributed by atoms with Gasteiger partial charge in [0.05, 0.1) is 0 Å². The molecular formula is C12H8Br2. The van der Waals surface area contributed by atoms with E-state index in [0.29, 0.717) is 0 Å². The van der Waals surface area contributed by atoms with Crippen molar-refractivity contribution in [3.63, 3.8) is 0 Å². The lowest BCUT2D eigenvalue weighted by Crippen LogP contribution is -1.79. The van der Waals surface area contributed by atoms with Crippen molar-refractivity contribution in [1.82, 2.24) is 0 Å². The predicted molar refractivity (Wildman–Crippen MR) is 67.3 cm³/mol. The molecule has 2 aromatic carbocycles. The minimum absolute atomic E-state index is 1.10. The average Bonchev–Trinajstić information content (AvgIpc) is 2.23. The van der Waals surface area contributed by atoms with Gasteiger partial charge in [-0.3, -0.25) is 0 Å². The monoisotopic (exact) mass is 310 g/mol. The molecule has 0 aliphatic heterocycles. The molecule has 0 heterocycles. The van der Waals surface area contributed by atoms with Gasteiger partial charge in [0.25, 0.3) is 0 Å². The summed E-state index contributed by atoms with van der Waals surface area (Å²) in [4.78, 5) is 0. The highest BCUT2D eigenvalue weighted by Gasteiger charge is 2.02. The van der Waals surface area contributed by atoms with Gasteiger partial charge in [-0.2, -0.15) is 0 Å². The molecule has 0 aliphatic carbocycles. The zero-order chi connectivity index (χ0) is 9.97. The number of hydrogen-bond acceptors (Lipinski definition) is 0. The van der Waals surface area contributed by atoms with Crippen LogP contribution < -0.4 is 0 Å². The maximum atomic E-state index is 3.55. The zero-order valence-electron chi connectivity index (χ0n) is 7.37. The normalized spacial score (nSPS) is 10.1. The summed E-state index contributed by atoms with van der Waals surface area (Å²) in [6.07, 6.45) is 0. The first-order valence-corrected chi connectivity index (χ1v) is 5.86. The second kappa shape index (κ2) is 4.28. The summed E-state index contributed by atoms with van der Waals surface area (Å²) in [5.41, 5.74) is 2.43. The fourth-order valence-electron chi connectivity index (χ4n) is 1.34. The lowest BCUT2D eigenvalue weighted by molar-refractivity contribution is 1.56. The van der Waals surface area contributed by atoms with Crippen LogP contribution in [-0.4, -0.2) is 0 Å². The summed E-state index contributed by atoms with van der Waals surface area (Å²) < 4.78 is 2.21. The molecule has 0 radical (unpaired) electrons. The molecule has 0 aromatic heterocycles. The third-order valence-electron chi connectivity index (χ3n) is 2.01. The van der Waals surface area contributed by atoms with Crippen molar-refractivity contribution in [2.75, 3.05) is 0 Å². The van der Waals surface area contributed by atoms with Crippen molar-refractivity contribution in [2.24, 2.45) is 0 Å². The molecule has 14 heavy (non-hydrogen) atoms. The van der Waals surface area contributed by atoms with Crippen molar-refractivity contribution in [3.05, 3.63) is 57.5 Å².